The van der Waals surface area contributed by atoms with E-state index >= 15 is 0 Å². The van der Waals surface area contributed by atoms with Crippen LogP contribution < -0.4 is 10.2 Å². The lowest BCUT2D eigenvalue weighted by Gasteiger charge is -2.28. The zero-order valence-electron chi connectivity index (χ0n) is 16.6. The smallest absolute Gasteiger partial charge is 0.270 e. The maximum Gasteiger partial charge on any atom is 0.270 e. The summed E-state index contributed by atoms with van der Waals surface area (Å²) in [5.74, 6) is -1.98. The summed E-state index contributed by atoms with van der Waals surface area (Å²) in [6.45, 7) is 3.22. The molecule has 3 aliphatic heterocycles. The molecular weight excluding hydrogens is 388 g/mol. The van der Waals surface area contributed by atoms with Crippen LogP contribution in [0.4, 0.5) is 14.5 Å². The number of hydrogen-bond donors (Lipinski definition) is 1. The van der Waals surface area contributed by atoms with Crippen LogP contribution in [0.3, 0.4) is 0 Å². The van der Waals surface area contributed by atoms with Crippen LogP contribution in [0.25, 0.3) is 11.1 Å². The van der Waals surface area contributed by atoms with E-state index in [1.807, 2.05) is 6.07 Å². The quantitative estimate of drug-likeness (QED) is 0.841. The fourth-order valence-corrected chi connectivity index (χ4v) is 4.27. The number of carbonyl (C=O) groups excluding carboxylic acids is 1. The summed E-state index contributed by atoms with van der Waals surface area (Å²) in [4.78, 5) is 19.2. The summed E-state index contributed by atoms with van der Waals surface area (Å²) in [5, 5.41) is 2.92. The number of amides is 1. The van der Waals surface area contributed by atoms with E-state index in [1.165, 1.54) is 6.07 Å². The van der Waals surface area contributed by atoms with Gasteiger partial charge in [0.15, 0.2) is 11.6 Å². The van der Waals surface area contributed by atoms with Gasteiger partial charge in [-0.2, -0.15) is 0 Å². The Morgan fingerprint density at radius 2 is 1.90 bits per heavy atom. The van der Waals surface area contributed by atoms with Crippen molar-refractivity contribution in [1.82, 2.24) is 5.32 Å². The maximum absolute atomic E-state index is 14.8. The van der Waals surface area contributed by atoms with Gasteiger partial charge < -0.3 is 15.0 Å². The largest absolute Gasteiger partial charge is 0.377 e. The molecule has 0 spiro atoms. The number of nitrogens with zero attached hydrogens (tertiary/aromatic N) is 2. The number of aliphatic imine (C=N–C) groups is 1. The first kappa shape index (κ1) is 19.2. The molecular formula is C23H23F2N3O2. The Balaban J connectivity index is 1.51. The van der Waals surface area contributed by atoms with Gasteiger partial charge in [0.1, 0.15) is 5.71 Å². The van der Waals surface area contributed by atoms with Crippen LogP contribution in [0.5, 0.6) is 0 Å². The predicted octanol–water partition coefficient (Wildman–Crippen LogP) is 3.09. The average Bonchev–Trinajstić information content (AvgIpc) is 3.26. The molecule has 0 aromatic heterocycles. The van der Waals surface area contributed by atoms with E-state index in [0.717, 1.165) is 31.5 Å². The van der Waals surface area contributed by atoms with Gasteiger partial charge in [-0.05, 0) is 42.5 Å². The van der Waals surface area contributed by atoms with Gasteiger partial charge in [-0.25, -0.2) is 8.78 Å². The van der Waals surface area contributed by atoms with Crippen molar-refractivity contribution >= 4 is 17.3 Å². The molecule has 3 aliphatic rings. The topological polar surface area (TPSA) is 53.9 Å². The molecule has 1 amide bonds. The van der Waals surface area contributed by atoms with Gasteiger partial charge in [0.05, 0.1) is 19.3 Å². The van der Waals surface area contributed by atoms with Crippen molar-refractivity contribution in [2.75, 3.05) is 37.7 Å². The standard InChI is InChI=1S/C23H23F2N3O2/c24-20-11-17(28-7-1-2-8-28)10-18(21(20)25)15-4-3-14-5-6-26-22(19(14)9-15)23(29)27-16-12-30-13-16/h3-4,9-11,16H,1-2,5-8,12-13H2,(H,27,29). The summed E-state index contributed by atoms with van der Waals surface area (Å²) in [6.07, 6.45) is 2.81. The molecule has 3 heterocycles. The predicted molar refractivity (Wildman–Crippen MR) is 111 cm³/mol. The van der Waals surface area contributed by atoms with E-state index in [1.54, 1.807) is 18.2 Å². The lowest BCUT2D eigenvalue weighted by molar-refractivity contribution is -0.118. The lowest BCUT2D eigenvalue weighted by atomic mass is 9.92. The van der Waals surface area contributed by atoms with Gasteiger partial charge in [0.2, 0.25) is 0 Å². The monoisotopic (exact) mass is 411 g/mol. The number of fused-ring (bicyclic) bond motifs is 1. The Morgan fingerprint density at radius 1 is 1.10 bits per heavy atom. The molecule has 2 saturated heterocycles. The number of ether oxygens (including phenoxy) is 1. The molecule has 2 aromatic carbocycles. The summed E-state index contributed by atoms with van der Waals surface area (Å²) in [5.41, 5.74) is 3.46. The van der Waals surface area contributed by atoms with Gasteiger partial charge in [0, 0.05) is 42.5 Å². The molecule has 0 atom stereocenters. The van der Waals surface area contributed by atoms with Crippen molar-refractivity contribution in [3.8, 4) is 11.1 Å². The average molecular weight is 411 g/mol. The van der Waals surface area contributed by atoms with Crippen molar-refractivity contribution in [3.05, 3.63) is 53.1 Å². The van der Waals surface area contributed by atoms with Crippen LogP contribution >= 0.6 is 0 Å². The molecule has 0 aliphatic carbocycles. The maximum atomic E-state index is 14.8. The second-order valence-corrected chi connectivity index (χ2v) is 8.04. The van der Waals surface area contributed by atoms with Gasteiger partial charge in [-0.3, -0.25) is 9.79 Å². The normalized spacial score (nSPS) is 18.6. The minimum atomic E-state index is -0.872. The van der Waals surface area contributed by atoms with E-state index in [2.05, 4.69) is 15.2 Å². The zero-order valence-corrected chi connectivity index (χ0v) is 16.6. The van der Waals surface area contributed by atoms with Crippen molar-refractivity contribution in [1.29, 1.82) is 0 Å². The number of carbonyl (C=O) groups is 1. The molecule has 7 heteroatoms. The first-order chi connectivity index (χ1) is 14.6. The third-order valence-corrected chi connectivity index (χ3v) is 6.00. The van der Waals surface area contributed by atoms with Gasteiger partial charge in [0.25, 0.3) is 5.91 Å². The van der Waals surface area contributed by atoms with Crippen molar-refractivity contribution < 1.29 is 18.3 Å². The van der Waals surface area contributed by atoms with Gasteiger partial charge in [-0.15, -0.1) is 0 Å². The highest BCUT2D eigenvalue weighted by Crippen LogP contribution is 2.33. The molecule has 2 fully saturated rings. The second kappa shape index (κ2) is 7.80. The first-order valence-corrected chi connectivity index (χ1v) is 10.4. The Kier molecular flexibility index (Phi) is 4.98. The van der Waals surface area contributed by atoms with E-state index in [0.29, 0.717) is 48.7 Å². The molecule has 2 aromatic rings. The van der Waals surface area contributed by atoms with Gasteiger partial charge >= 0.3 is 0 Å². The first-order valence-electron chi connectivity index (χ1n) is 10.4. The molecule has 5 nitrogen and oxygen atoms in total. The van der Waals surface area contributed by atoms with Crippen LogP contribution in [0.1, 0.15) is 24.0 Å². The number of hydrogen-bond acceptors (Lipinski definition) is 4. The highest BCUT2D eigenvalue weighted by molar-refractivity contribution is 6.46. The van der Waals surface area contributed by atoms with Crippen molar-refractivity contribution in [3.63, 3.8) is 0 Å². The Morgan fingerprint density at radius 3 is 2.63 bits per heavy atom. The molecule has 0 saturated carbocycles. The number of halogens is 2. The van der Waals surface area contributed by atoms with E-state index in [-0.39, 0.29) is 17.5 Å². The summed E-state index contributed by atoms with van der Waals surface area (Å²) in [6, 6.07) is 8.41. The van der Waals surface area contributed by atoms with E-state index in [4.69, 9.17) is 4.74 Å². The number of benzene rings is 2. The van der Waals surface area contributed by atoms with Crippen LogP contribution in [0.15, 0.2) is 35.3 Å². The highest BCUT2D eigenvalue weighted by atomic mass is 19.2. The number of anilines is 1. The molecule has 1 N–H and O–H groups in total. The van der Waals surface area contributed by atoms with Gasteiger partial charge in [-0.1, -0.05) is 12.1 Å². The molecule has 5 rings (SSSR count). The van der Waals surface area contributed by atoms with Crippen LogP contribution in [-0.4, -0.2) is 50.5 Å². The molecule has 0 radical (unpaired) electrons. The number of nitrogens with one attached hydrogen (secondary N) is 1. The Labute approximate surface area is 173 Å². The van der Waals surface area contributed by atoms with E-state index < -0.39 is 11.6 Å². The fraction of sp³-hybridized carbons (Fsp3) is 0.391. The second-order valence-electron chi connectivity index (χ2n) is 8.04. The van der Waals surface area contributed by atoms with Crippen molar-refractivity contribution in [2.24, 2.45) is 4.99 Å². The molecule has 156 valence electrons. The van der Waals surface area contributed by atoms with E-state index in [9.17, 15) is 13.6 Å². The lowest BCUT2D eigenvalue weighted by Crippen LogP contribution is -2.51. The molecule has 0 unspecified atom stereocenters. The third-order valence-electron chi connectivity index (χ3n) is 6.00. The Bertz CT molecular complexity index is 1030. The molecule has 0 bridgehead atoms. The fourth-order valence-electron chi connectivity index (χ4n) is 4.27. The molecule has 30 heavy (non-hydrogen) atoms. The van der Waals surface area contributed by atoms with Crippen molar-refractivity contribution in [2.45, 2.75) is 25.3 Å². The number of rotatable bonds is 4. The summed E-state index contributed by atoms with van der Waals surface area (Å²) in [7, 11) is 0. The summed E-state index contributed by atoms with van der Waals surface area (Å²) < 4.78 is 34.3. The summed E-state index contributed by atoms with van der Waals surface area (Å²) >= 11 is 0. The minimum Gasteiger partial charge on any atom is -0.377 e. The minimum absolute atomic E-state index is 0.00237. The Hall–Kier alpha value is -2.80. The van der Waals surface area contributed by atoms with Crippen LogP contribution in [0, 0.1) is 11.6 Å². The SMILES string of the molecule is O=C(NC1COC1)C1=NCCc2ccc(-c3cc(N4CCCC4)cc(F)c3F)cc21. The van der Waals surface area contributed by atoms with Crippen LogP contribution in [0.2, 0.25) is 0 Å². The highest BCUT2D eigenvalue weighted by Gasteiger charge is 2.27. The zero-order chi connectivity index (χ0) is 20.7. The third kappa shape index (κ3) is 3.47. The van der Waals surface area contributed by atoms with Crippen LogP contribution in [-0.2, 0) is 16.0 Å².